The van der Waals surface area contributed by atoms with Crippen molar-refractivity contribution in [2.45, 2.75) is 31.2 Å². The molecule has 33 heavy (non-hydrogen) atoms. The largest absolute Gasteiger partial charge is 0.497 e. The molecule has 0 saturated carbocycles. The van der Waals surface area contributed by atoms with Gasteiger partial charge in [0, 0.05) is 6.42 Å². The number of aryl methyl sites for hydroxylation is 1. The van der Waals surface area contributed by atoms with E-state index in [-0.39, 0.29) is 12.8 Å². The molecule has 0 unspecified atom stereocenters. The van der Waals surface area contributed by atoms with Crippen LogP contribution in [0.25, 0.3) is 0 Å². The summed E-state index contributed by atoms with van der Waals surface area (Å²) in [6.45, 7) is -0.409. The zero-order valence-corrected chi connectivity index (χ0v) is 17.9. The van der Waals surface area contributed by atoms with Gasteiger partial charge in [0.2, 0.25) is 5.91 Å². The molecule has 0 spiro atoms. The summed E-state index contributed by atoms with van der Waals surface area (Å²) < 4.78 is 51.9. The first-order valence-electron chi connectivity index (χ1n) is 9.87. The zero-order chi connectivity index (χ0) is 24.2. The van der Waals surface area contributed by atoms with Crippen molar-refractivity contribution in [3.63, 3.8) is 0 Å². The first-order valence-corrected chi connectivity index (χ1v) is 9.87. The Bertz CT molecular complexity index is 1030. The molecule has 1 fully saturated rings. The summed E-state index contributed by atoms with van der Waals surface area (Å²) in [5.41, 5.74) is -2.44. The lowest BCUT2D eigenvalue weighted by Gasteiger charge is -2.30. The first-order chi connectivity index (χ1) is 15.6. The van der Waals surface area contributed by atoms with E-state index in [0.717, 1.165) is 0 Å². The number of nitrogens with zero attached hydrogens (tertiary/aromatic N) is 1. The van der Waals surface area contributed by atoms with E-state index in [4.69, 9.17) is 9.47 Å². The predicted octanol–water partition coefficient (Wildman–Crippen LogP) is 2.76. The minimum Gasteiger partial charge on any atom is -0.497 e. The van der Waals surface area contributed by atoms with Gasteiger partial charge in [0.05, 0.1) is 20.8 Å². The van der Waals surface area contributed by atoms with Gasteiger partial charge in [0.25, 0.3) is 11.6 Å². The number of ether oxygens (including phenoxy) is 2. The summed E-state index contributed by atoms with van der Waals surface area (Å²) in [6, 6.07) is 11.5. The molecule has 1 heterocycles. The van der Waals surface area contributed by atoms with Gasteiger partial charge < -0.3 is 14.8 Å². The van der Waals surface area contributed by atoms with E-state index in [9.17, 15) is 27.6 Å². The summed E-state index contributed by atoms with van der Waals surface area (Å²) in [6.07, 6.45) is -5.46. The SMILES string of the molecule is COc1ccc(CCC(=O)N[C@]2(C(F)(F)F)NC(=O)N(Cc3ccc(OC)cc3)C2=O)cc1. The lowest BCUT2D eigenvalue weighted by atomic mass is 10.1. The minimum absolute atomic E-state index is 0.126. The van der Waals surface area contributed by atoms with Gasteiger partial charge in [-0.1, -0.05) is 24.3 Å². The fourth-order valence-electron chi connectivity index (χ4n) is 3.30. The lowest BCUT2D eigenvalue weighted by molar-refractivity contribution is -0.204. The molecule has 2 aromatic rings. The number of urea groups is 1. The summed E-state index contributed by atoms with van der Waals surface area (Å²) in [5, 5.41) is 3.34. The number of alkyl halides is 3. The van der Waals surface area contributed by atoms with Crippen LogP contribution in [0.15, 0.2) is 48.5 Å². The average molecular weight is 465 g/mol. The van der Waals surface area contributed by atoms with E-state index in [0.29, 0.717) is 27.5 Å². The highest BCUT2D eigenvalue weighted by atomic mass is 19.4. The number of nitrogens with one attached hydrogen (secondary N) is 2. The van der Waals surface area contributed by atoms with Crippen LogP contribution >= 0.6 is 0 Å². The van der Waals surface area contributed by atoms with Crippen molar-refractivity contribution in [2.24, 2.45) is 0 Å². The molecule has 0 radical (unpaired) electrons. The molecular formula is C22H22F3N3O5. The highest BCUT2D eigenvalue weighted by molar-refractivity contribution is 6.08. The average Bonchev–Trinajstić information content (AvgIpc) is 3.03. The number of hydrogen-bond acceptors (Lipinski definition) is 5. The number of carbonyl (C=O) groups excluding carboxylic acids is 3. The van der Waals surface area contributed by atoms with Crippen LogP contribution in [-0.2, 0) is 22.6 Å². The number of hydrogen-bond donors (Lipinski definition) is 2. The summed E-state index contributed by atoms with van der Waals surface area (Å²) in [7, 11) is 2.94. The molecule has 1 aliphatic heterocycles. The third kappa shape index (κ3) is 5.02. The summed E-state index contributed by atoms with van der Waals surface area (Å²) in [4.78, 5) is 37.8. The number of rotatable bonds is 8. The Labute approximate surface area is 187 Å². The Hall–Kier alpha value is -3.76. The fraction of sp³-hybridized carbons (Fsp3) is 0.318. The monoisotopic (exact) mass is 465 g/mol. The normalized spacial score (nSPS) is 18.2. The Morgan fingerprint density at radius 2 is 1.48 bits per heavy atom. The van der Waals surface area contributed by atoms with Crippen LogP contribution in [0.4, 0.5) is 18.0 Å². The standard InChI is InChI=1S/C22H22F3N3O5/c1-32-16-8-3-14(4-9-16)7-12-18(29)26-21(22(23,24)25)19(30)28(20(31)27-21)13-15-5-10-17(33-2)11-6-15/h3-6,8-11H,7,12-13H2,1-2H3,(H,26,29)(H,27,31)/t21-/m0/s1. The van der Waals surface area contributed by atoms with Gasteiger partial charge in [-0.2, -0.15) is 13.2 Å². The zero-order valence-electron chi connectivity index (χ0n) is 17.9. The molecule has 2 N–H and O–H groups in total. The van der Waals surface area contributed by atoms with Crippen molar-refractivity contribution in [2.75, 3.05) is 14.2 Å². The number of carbonyl (C=O) groups is 3. The minimum atomic E-state index is -5.26. The maximum Gasteiger partial charge on any atom is 0.440 e. The Morgan fingerprint density at radius 3 is 1.97 bits per heavy atom. The van der Waals surface area contributed by atoms with Crippen LogP contribution < -0.4 is 20.1 Å². The van der Waals surface area contributed by atoms with Crippen molar-refractivity contribution in [1.82, 2.24) is 15.5 Å². The second kappa shape index (κ2) is 9.39. The first kappa shape index (κ1) is 23.9. The summed E-state index contributed by atoms with van der Waals surface area (Å²) >= 11 is 0. The Balaban J connectivity index is 1.73. The highest BCUT2D eigenvalue weighted by Gasteiger charge is 2.68. The van der Waals surface area contributed by atoms with Gasteiger partial charge in [-0.15, -0.1) is 0 Å². The van der Waals surface area contributed by atoms with E-state index in [1.807, 2.05) is 0 Å². The number of methoxy groups -OCH3 is 2. The Kier molecular flexibility index (Phi) is 6.80. The third-order valence-electron chi connectivity index (χ3n) is 5.16. The molecule has 4 amide bonds. The van der Waals surface area contributed by atoms with Gasteiger partial charge >= 0.3 is 12.2 Å². The van der Waals surface area contributed by atoms with Crippen molar-refractivity contribution in [1.29, 1.82) is 0 Å². The van der Waals surface area contributed by atoms with E-state index >= 15 is 0 Å². The number of imide groups is 1. The van der Waals surface area contributed by atoms with Gasteiger partial charge in [0.1, 0.15) is 11.5 Å². The van der Waals surface area contributed by atoms with Crippen molar-refractivity contribution >= 4 is 17.8 Å². The van der Waals surface area contributed by atoms with Crippen LogP contribution in [-0.4, -0.2) is 48.8 Å². The van der Waals surface area contributed by atoms with Gasteiger partial charge in [-0.05, 0) is 41.8 Å². The predicted molar refractivity (Wildman–Crippen MR) is 110 cm³/mol. The molecule has 0 aliphatic carbocycles. The molecule has 8 nitrogen and oxygen atoms in total. The van der Waals surface area contributed by atoms with E-state index in [1.165, 1.54) is 26.4 Å². The fourth-order valence-corrected chi connectivity index (χ4v) is 3.30. The quantitative estimate of drug-likeness (QED) is 0.585. The number of benzene rings is 2. The molecule has 3 rings (SSSR count). The maximum absolute atomic E-state index is 14.0. The van der Waals surface area contributed by atoms with Gasteiger partial charge in [0.15, 0.2) is 0 Å². The maximum atomic E-state index is 14.0. The van der Waals surface area contributed by atoms with Crippen LogP contribution in [0.3, 0.4) is 0 Å². The van der Waals surface area contributed by atoms with Crippen molar-refractivity contribution in [3.05, 3.63) is 59.7 Å². The summed E-state index contributed by atoms with van der Waals surface area (Å²) in [5.74, 6) is -1.54. The van der Waals surface area contributed by atoms with Crippen LogP contribution in [0.1, 0.15) is 17.5 Å². The van der Waals surface area contributed by atoms with Gasteiger partial charge in [-0.25, -0.2) is 4.79 Å². The molecule has 0 aromatic heterocycles. The second-order valence-electron chi connectivity index (χ2n) is 7.31. The number of halogens is 3. The van der Waals surface area contributed by atoms with E-state index in [2.05, 4.69) is 0 Å². The van der Waals surface area contributed by atoms with Crippen LogP contribution in [0.5, 0.6) is 11.5 Å². The molecular weight excluding hydrogens is 443 g/mol. The molecule has 11 heteroatoms. The molecule has 176 valence electrons. The Morgan fingerprint density at radius 1 is 0.970 bits per heavy atom. The lowest BCUT2D eigenvalue weighted by Crippen LogP contribution is -2.69. The van der Waals surface area contributed by atoms with E-state index in [1.54, 1.807) is 47.0 Å². The molecule has 0 bridgehead atoms. The smallest absolute Gasteiger partial charge is 0.440 e. The van der Waals surface area contributed by atoms with E-state index < -0.39 is 36.2 Å². The van der Waals surface area contributed by atoms with Crippen LogP contribution in [0.2, 0.25) is 0 Å². The molecule has 1 saturated heterocycles. The topological polar surface area (TPSA) is 97.0 Å². The van der Waals surface area contributed by atoms with Crippen molar-refractivity contribution in [3.8, 4) is 11.5 Å². The van der Waals surface area contributed by atoms with Gasteiger partial charge in [-0.3, -0.25) is 19.8 Å². The number of amides is 4. The van der Waals surface area contributed by atoms with Crippen molar-refractivity contribution < 1.29 is 37.0 Å². The second-order valence-corrected chi connectivity index (χ2v) is 7.31. The molecule has 1 aliphatic rings. The third-order valence-corrected chi connectivity index (χ3v) is 5.16. The van der Waals surface area contributed by atoms with Crippen LogP contribution in [0, 0.1) is 0 Å². The highest BCUT2D eigenvalue weighted by Crippen LogP contribution is 2.34. The molecule has 2 aromatic carbocycles. The molecule has 1 atom stereocenters.